The van der Waals surface area contributed by atoms with Gasteiger partial charge in [-0.1, -0.05) is 35.8 Å². The Morgan fingerprint density at radius 2 is 1.44 bits per heavy atom. The van der Waals surface area contributed by atoms with E-state index >= 15 is 0 Å². The first-order chi connectivity index (χ1) is 16.4. The van der Waals surface area contributed by atoms with E-state index in [1.807, 2.05) is 0 Å². The number of rotatable bonds is 0. The number of anilines is 2. The van der Waals surface area contributed by atoms with Gasteiger partial charge >= 0.3 is 37.1 Å². The summed E-state index contributed by atoms with van der Waals surface area (Å²) >= 11 is 6.15. The summed E-state index contributed by atoms with van der Waals surface area (Å²) < 4.78 is 83.7. The second-order valence-electron chi connectivity index (χ2n) is 7.03. The Kier molecular flexibility index (Phi) is 11.8. The van der Waals surface area contributed by atoms with E-state index in [1.165, 1.54) is 12.1 Å². The third kappa shape index (κ3) is 9.17. The van der Waals surface area contributed by atoms with Crippen molar-refractivity contribution in [1.29, 1.82) is 0 Å². The Morgan fingerprint density at radius 3 is 1.94 bits per heavy atom. The SMILES string of the molecule is FC(F)(F)c1cc2c(cc1Br)CCCN2.FC(F)(F)c1ccc2c(c1)NCCC2.[2H]CC.[B]=NS. The van der Waals surface area contributed by atoms with Crippen LogP contribution in [0.3, 0.4) is 0 Å². The molecule has 0 spiro atoms. The zero-order valence-corrected chi connectivity index (χ0v) is 20.9. The van der Waals surface area contributed by atoms with Crippen molar-refractivity contribution in [3.05, 3.63) is 57.1 Å². The van der Waals surface area contributed by atoms with Crippen molar-refractivity contribution in [2.24, 2.45) is 4.30 Å². The van der Waals surface area contributed by atoms with Crippen LogP contribution in [0.5, 0.6) is 0 Å². The molecule has 0 saturated heterocycles. The van der Waals surface area contributed by atoms with Crippen molar-refractivity contribution in [3.8, 4) is 0 Å². The molecule has 0 unspecified atom stereocenters. The van der Waals surface area contributed by atoms with Crippen molar-refractivity contribution in [2.75, 3.05) is 23.7 Å². The second kappa shape index (κ2) is 14.0. The standard InChI is InChI=1S/C10H9BrF3N.C10H10F3N.C2H6.BHNS/c11-8-4-6-2-1-3-15-9(6)5-7(8)10(12,13)14;11-10(12,13)8-4-3-7-2-1-5-14-9(7)6-8;1-2;1-2-3/h4-5,15H,1-3H2;3-4,6,14H,1-2,5H2;1-2H3;3H/i;;1D;. The van der Waals surface area contributed by atoms with E-state index < -0.39 is 23.5 Å². The van der Waals surface area contributed by atoms with Crippen molar-refractivity contribution in [3.63, 3.8) is 0 Å². The van der Waals surface area contributed by atoms with E-state index in [-0.39, 0.29) is 4.47 Å². The van der Waals surface area contributed by atoms with Gasteiger partial charge in [0.1, 0.15) is 0 Å². The van der Waals surface area contributed by atoms with Crippen LogP contribution in [0, 0.1) is 0 Å². The third-order valence-corrected chi connectivity index (χ3v) is 5.47. The summed E-state index contributed by atoms with van der Waals surface area (Å²) in [6.07, 6.45) is -4.90. The first-order valence-electron chi connectivity index (χ1n) is 11.0. The number of nitrogens with one attached hydrogen (secondary N) is 2. The molecule has 1 radical (unpaired) electrons. The summed E-state index contributed by atoms with van der Waals surface area (Å²) in [5, 5.41) is 5.96. The van der Waals surface area contributed by atoms with Crippen LogP contribution in [0.2, 0.25) is 0 Å². The Hall–Kier alpha value is -1.69. The fraction of sp³-hybridized carbons (Fsp3) is 0.455. The van der Waals surface area contributed by atoms with Gasteiger partial charge in [-0.05, 0) is 61.1 Å². The van der Waals surface area contributed by atoms with Crippen LogP contribution in [0.4, 0.5) is 37.7 Å². The molecule has 2 aliphatic rings. The summed E-state index contributed by atoms with van der Waals surface area (Å²) in [6.45, 7) is 3.79. The summed E-state index contributed by atoms with van der Waals surface area (Å²) in [4.78, 5) is 0. The maximum atomic E-state index is 12.6. The minimum absolute atomic E-state index is 0.123. The number of benzene rings is 2. The normalized spacial score (nSPS) is 14.4. The van der Waals surface area contributed by atoms with Crippen molar-refractivity contribution in [1.82, 2.24) is 0 Å². The van der Waals surface area contributed by atoms with Gasteiger partial charge in [-0.2, -0.15) is 26.3 Å². The topological polar surface area (TPSA) is 36.4 Å². The molecule has 0 bridgehead atoms. The van der Waals surface area contributed by atoms with Gasteiger partial charge in [0.25, 0.3) is 0 Å². The van der Waals surface area contributed by atoms with Crippen LogP contribution in [0.1, 0.15) is 50.3 Å². The van der Waals surface area contributed by atoms with E-state index in [1.54, 1.807) is 19.1 Å². The van der Waals surface area contributed by atoms with Gasteiger partial charge in [0.15, 0.2) is 0 Å². The van der Waals surface area contributed by atoms with Gasteiger partial charge in [-0.15, -0.1) is 0 Å². The molecule has 34 heavy (non-hydrogen) atoms. The first kappa shape index (κ1) is 28.6. The van der Waals surface area contributed by atoms with Gasteiger partial charge in [0, 0.05) is 30.3 Å². The van der Waals surface area contributed by atoms with Crippen LogP contribution >= 0.6 is 28.7 Å². The molecule has 0 fully saturated rings. The van der Waals surface area contributed by atoms with E-state index in [0.717, 1.165) is 56.0 Å². The molecule has 0 saturated carbocycles. The number of alkyl halides is 6. The second-order valence-corrected chi connectivity index (χ2v) is 8.12. The van der Waals surface area contributed by atoms with Crippen molar-refractivity contribution < 1.29 is 27.7 Å². The summed E-state index contributed by atoms with van der Waals surface area (Å²) in [6, 6.07) is 6.63. The van der Waals surface area contributed by atoms with E-state index in [0.29, 0.717) is 18.3 Å². The molecular formula is C22H26BBrF6N3S. The summed E-state index contributed by atoms with van der Waals surface area (Å²) in [5.41, 5.74) is 1.97. The summed E-state index contributed by atoms with van der Waals surface area (Å²) in [5.74, 6) is 0. The van der Waals surface area contributed by atoms with Crippen LogP contribution in [-0.2, 0) is 25.2 Å². The van der Waals surface area contributed by atoms with Gasteiger partial charge in [-0.3, -0.25) is 0 Å². The van der Waals surface area contributed by atoms with Crippen molar-refractivity contribution in [2.45, 2.75) is 51.9 Å². The minimum atomic E-state index is -4.30. The number of hydrogen-bond acceptors (Lipinski definition) is 4. The third-order valence-electron chi connectivity index (χ3n) is 4.81. The predicted molar refractivity (Wildman–Crippen MR) is 133 cm³/mol. The molecule has 4 rings (SSSR count). The molecule has 2 N–H and O–H groups in total. The van der Waals surface area contributed by atoms with E-state index in [2.05, 4.69) is 51.3 Å². The molecule has 0 amide bonds. The zero-order chi connectivity index (χ0) is 26.6. The van der Waals surface area contributed by atoms with E-state index in [4.69, 9.17) is 1.37 Å². The Bertz CT molecular complexity index is 960. The Morgan fingerprint density at radius 1 is 0.941 bits per heavy atom. The zero-order valence-electron chi connectivity index (χ0n) is 19.5. The van der Waals surface area contributed by atoms with Gasteiger partial charge in [0.2, 0.25) is 0 Å². The number of hydrogen-bond donors (Lipinski definition) is 3. The number of nitrogens with zero attached hydrogens (tertiary/aromatic N) is 1. The quantitative estimate of drug-likeness (QED) is 0.170. The molecule has 2 aliphatic heterocycles. The van der Waals surface area contributed by atoms with Crippen LogP contribution in [0.25, 0.3) is 0 Å². The monoisotopic (exact) mass is 569 g/mol. The number of thiol groups is 1. The fourth-order valence-corrected chi connectivity index (χ4v) is 3.96. The molecule has 187 valence electrons. The van der Waals surface area contributed by atoms with Crippen molar-refractivity contribution >= 4 is 47.8 Å². The summed E-state index contributed by atoms with van der Waals surface area (Å²) in [7, 11) is 4.34. The van der Waals surface area contributed by atoms with Crippen LogP contribution in [-0.4, -0.2) is 20.7 Å². The van der Waals surface area contributed by atoms with Crippen LogP contribution < -0.4 is 10.6 Å². The Labute approximate surface area is 212 Å². The van der Waals surface area contributed by atoms with E-state index in [9.17, 15) is 26.3 Å². The number of halogens is 7. The molecule has 0 aliphatic carbocycles. The fourth-order valence-electron chi connectivity index (χ4n) is 3.34. The van der Waals surface area contributed by atoms with Gasteiger partial charge < -0.3 is 10.6 Å². The molecule has 2 aromatic rings. The molecular weight excluding hydrogens is 543 g/mol. The molecule has 3 nitrogen and oxygen atoms in total. The molecule has 0 atom stereocenters. The molecule has 2 aromatic carbocycles. The molecule has 0 aromatic heterocycles. The Balaban J connectivity index is 0.000000287. The maximum absolute atomic E-state index is 12.6. The van der Waals surface area contributed by atoms with Gasteiger partial charge in [0.05, 0.1) is 11.1 Å². The average Bonchev–Trinajstić information content (AvgIpc) is 2.78. The predicted octanol–water partition coefficient (Wildman–Crippen LogP) is 8.10. The average molecular weight is 570 g/mol. The van der Waals surface area contributed by atoms with Crippen LogP contribution in [0.15, 0.2) is 39.1 Å². The molecule has 2 heterocycles. The molecule has 12 heteroatoms. The first-order valence-corrected chi connectivity index (χ1v) is 11.5. The van der Waals surface area contributed by atoms with Gasteiger partial charge in [-0.25, -0.2) is 0 Å². The number of fused-ring (bicyclic) bond motifs is 2. The number of aryl methyl sites for hydroxylation is 2.